The van der Waals surface area contributed by atoms with Crippen molar-refractivity contribution in [2.45, 2.75) is 116 Å². The summed E-state index contributed by atoms with van der Waals surface area (Å²) in [7, 11) is 1.67. The van der Waals surface area contributed by atoms with Crippen LogP contribution in [0.1, 0.15) is 103 Å². The number of aliphatic imine (C=N–C) groups is 1. The molecule has 4 atom stereocenters. The van der Waals surface area contributed by atoms with Gasteiger partial charge in [0.05, 0.1) is 58.7 Å². The van der Waals surface area contributed by atoms with Crippen LogP contribution in [0.3, 0.4) is 0 Å². The molecule has 64 heavy (non-hydrogen) atoms. The molecule has 6 rings (SSSR count). The van der Waals surface area contributed by atoms with E-state index in [1.807, 2.05) is 77.6 Å². The van der Waals surface area contributed by atoms with Gasteiger partial charge in [-0.15, -0.1) is 10.2 Å². The van der Waals surface area contributed by atoms with Crippen molar-refractivity contribution < 1.29 is 28.0 Å². The summed E-state index contributed by atoms with van der Waals surface area (Å²) in [4.78, 5) is 11.8. The average molecular weight is 894 g/mol. The first kappa shape index (κ1) is 48.4. The number of aromatic nitrogens is 5. The molecule has 5 aromatic rings. The standard InChI is InChI=1S/C48H64N9O6P/c1-9-11-28-55(29-12-10-2)33-51-46-45-47(53-54-52-46)56(34-50-45)44-31-42(63-64(61-30-16-27-49)57(35(3)4)36(5)6)43(62-44)32-60-48(37-17-14-13-15-18-37,38-19-23-40(58-7)24-20-38)39-21-25-41(59-8)26-22-39/h13-15,17-26,33-36,42-44H,9-12,16,28-32H2,1-8H3/b51-33+/t42-,43+,44+,64?/m0/s1. The van der Waals surface area contributed by atoms with Crippen molar-refractivity contribution >= 4 is 31.8 Å². The van der Waals surface area contributed by atoms with Crippen LogP contribution in [0.15, 0.2) is 90.2 Å². The van der Waals surface area contributed by atoms with Gasteiger partial charge in [0.1, 0.15) is 29.4 Å². The highest BCUT2D eigenvalue weighted by atomic mass is 31.2. The summed E-state index contributed by atoms with van der Waals surface area (Å²) in [5.74, 6) is 1.84. The summed E-state index contributed by atoms with van der Waals surface area (Å²) in [5, 5.41) is 22.3. The predicted molar refractivity (Wildman–Crippen MR) is 250 cm³/mol. The minimum Gasteiger partial charge on any atom is -0.497 e. The Labute approximate surface area is 379 Å². The number of nitrogens with zero attached hydrogens (tertiary/aromatic N) is 9. The highest BCUT2D eigenvalue weighted by Gasteiger charge is 2.45. The van der Waals surface area contributed by atoms with Gasteiger partial charge < -0.3 is 32.9 Å². The van der Waals surface area contributed by atoms with Gasteiger partial charge in [-0.2, -0.15) is 5.26 Å². The molecule has 1 fully saturated rings. The number of fused-ring (bicyclic) bond motifs is 1. The van der Waals surface area contributed by atoms with Crippen molar-refractivity contribution in [1.29, 1.82) is 5.26 Å². The van der Waals surface area contributed by atoms with E-state index in [-0.39, 0.29) is 31.7 Å². The fourth-order valence-electron chi connectivity index (χ4n) is 7.97. The zero-order chi connectivity index (χ0) is 45.5. The Balaban J connectivity index is 1.41. The molecule has 0 saturated carbocycles. The number of unbranched alkanes of at least 4 members (excludes halogenated alkanes) is 2. The third-order valence-corrected chi connectivity index (χ3v) is 13.4. The molecule has 0 aliphatic carbocycles. The first-order chi connectivity index (χ1) is 31.2. The number of rotatable bonds is 25. The third-order valence-electron chi connectivity index (χ3n) is 11.2. The second kappa shape index (κ2) is 23.7. The van der Waals surface area contributed by atoms with Crippen LogP contribution in [0.2, 0.25) is 0 Å². The molecule has 0 bridgehead atoms. The topological polar surface area (TPSA) is 154 Å². The van der Waals surface area contributed by atoms with Gasteiger partial charge >= 0.3 is 0 Å². The lowest BCUT2D eigenvalue weighted by Crippen LogP contribution is -2.39. The van der Waals surface area contributed by atoms with Crippen LogP contribution >= 0.6 is 8.53 Å². The average Bonchev–Trinajstić information content (AvgIpc) is 3.93. The molecule has 3 heterocycles. The number of imidazole rings is 1. The summed E-state index contributed by atoms with van der Waals surface area (Å²) >= 11 is 0. The first-order valence-corrected chi connectivity index (χ1v) is 23.5. The molecule has 0 spiro atoms. The zero-order valence-electron chi connectivity index (χ0n) is 38.5. The van der Waals surface area contributed by atoms with Crippen molar-refractivity contribution in [2.24, 2.45) is 4.99 Å². The Kier molecular flexibility index (Phi) is 17.9. The van der Waals surface area contributed by atoms with Crippen LogP contribution in [0, 0.1) is 11.3 Å². The summed E-state index contributed by atoms with van der Waals surface area (Å²) in [5.41, 5.74) is 2.62. The van der Waals surface area contributed by atoms with Gasteiger partial charge in [-0.25, -0.2) is 14.6 Å². The maximum Gasteiger partial charge on any atom is 0.259 e. The monoisotopic (exact) mass is 893 g/mol. The van der Waals surface area contributed by atoms with Crippen molar-refractivity contribution in [3.63, 3.8) is 0 Å². The van der Waals surface area contributed by atoms with Gasteiger partial charge in [0, 0.05) is 31.6 Å². The van der Waals surface area contributed by atoms with E-state index >= 15 is 0 Å². The molecule has 15 nitrogen and oxygen atoms in total. The van der Waals surface area contributed by atoms with Crippen LogP contribution in [-0.2, 0) is 24.1 Å². The Morgan fingerprint density at radius 3 is 2.06 bits per heavy atom. The lowest BCUT2D eigenvalue weighted by atomic mass is 9.80. The largest absolute Gasteiger partial charge is 0.497 e. The second-order valence-electron chi connectivity index (χ2n) is 16.3. The molecule has 1 saturated heterocycles. The van der Waals surface area contributed by atoms with Crippen molar-refractivity contribution in [2.75, 3.05) is 40.5 Å². The van der Waals surface area contributed by atoms with Gasteiger partial charge in [0.15, 0.2) is 11.2 Å². The molecule has 0 amide bonds. The van der Waals surface area contributed by atoms with E-state index in [9.17, 15) is 5.26 Å². The van der Waals surface area contributed by atoms with E-state index < -0.39 is 32.6 Å². The predicted octanol–water partition coefficient (Wildman–Crippen LogP) is 9.76. The van der Waals surface area contributed by atoms with E-state index in [4.69, 9.17) is 38.0 Å². The second-order valence-corrected chi connectivity index (χ2v) is 17.7. The van der Waals surface area contributed by atoms with Crippen LogP contribution in [0.25, 0.3) is 11.2 Å². The van der Waals surface area contributed by atoms with Crippen molar-refractivity contribution in [1.82, 2.24) is 34.5 Å². The molecule has 342 valence electrons. The molecule has 1 aliphatic rings. The maximum absolute atomic E-state index is 9.46. The first-order valence-electron chi connectivity index (χ1n) is 22.4. The van der Waals surface area contributed by atoms with Crippen LogP contribution in [-0.4, -0.2) is 106 Å². The van der Waals surface area contributed by atoms with Crippen molar-refractivity contribution in [3.8, 4) is 17.6 Å². The smallest absolute Gasteiger partial charge is 0.259 e. The number of nitriles is 1. The molecule has 2 aromatic heterocycles. The number of hydrogen-bond acceptors (Lipinski definition) is 13. The number of benzene rings is 3. The zero-order valence-corrected chi connectivity index (χ0v) is 39.4. The molecule has 1 aliphatic heterocycles. The van der Waals surface area contributed by atoms with E-state index in [0.717, 1.165) is 67.0 Å². The number of ether oxygens (including phenoxy) is 4. The van der Waals surface area contributed by atoms with E-state index in [1.54, 1.807) is 20.5 Å². The highest BCUT2D eigenvalue weighted by Crippen LogP contribution is 2.51. The fourth-order valence-corrected chi connectivity index (χ4v) is 9.73. The van der Waals surface area contributed by atoms with E-state index in [1.165, 1.54) is 0 Å². The lowest BCUT2D eigenvalue weighted by Gasteiger charge is -2.39. The van der Waals surface area contributed by atoms with Gasteiger partial charge in [0.25, 0.3) is 8.53 Å². The third kappa shape index (κ3) is 11.6. The normalized spacial score (nSPS) is 17.2. The van der Waals surface area contributed by atoms with Gasteiger partial charge in [-0.05, 0) is 86.7 Å². The lowest BCUT2D eigenvalue weighted by molar-refractivity contribution is -0.0912. The van der Waals surface area contributed by atoms with E-state index in [2.05, 4.69) is 84.7 Å². The Bertz CT molecular complexity index is 2170. The van der Waals surface area contributed by atoms with E-state index in [0.29, 0.717) is 23.4 Å². The fraction of sp³-hybridized carbons (Fsp3) is 0.500. The van der Waals surface area contributed by atoms with Crippen LogP contribution in [0.5, 0.6) is 11.5 Å². The highest BCUT2D eigenvalue weighted by molar-refractivity contribution is 7.44. The summed E-state index contributed by atoms with van der Waals surface area (Å²) in [6.07, 6.45) is 6.84. The molecule has 0 N–H and O–H groups in total. The molecule has 16 heteroatoms. The minimum atomic E-state index is -1.64. The maximum atomic E-state index is 9.46. The molecular weight excluding hydrogens is 830 g/mol. The molecule has 1 unspecified atom stereocenters. The summed E-state index contributed by atoms with van der Waals surface area (Å²) < 4.78 is 43.3. The summed E-state index contributed by atoms with van der Waals surface area (Å²) in [6.45, 7) is 15.0. The van der Waals surface area contributed by atoms with Gasteiger partial charge in [-0.3, -0.25) is 4.57 Å². The van der Waals surface area contributed by atoms with Gasteiger partial charge in [0.2, 0.25) is 5.82 Å². The number of hydrogen-bond donors (Lipinski definition) is 0. The van der Waals surface area contributed by atoms with Crippen LogP contribution < -0.4 is 9.47 Å². The Morgan fingerprint density at radius 2 is 1.50 bits per heavy atom. The molecule has 0 radical (unpaired) electrons. The Hall–Kier alpha value is -5.07. The quantitative estimate of drug-likeness (QED) is 0.0180. The minimum absolute atomic E-state index is 0.0936. The summed E-state index contributed by atoms with van der Waals surface area (Å²) in [6, 6.07) is 28.5. The SMILES string of the molecule is CCCCN(/C=N/c1nnnc2c1ncn2[C@H]1C[C@H](OP(OCCC#N)N(C(C)C)C(C)C)[C@@H](COC(c2ccccc2)(c2ccc(OC)cc2)c2ccc(OC)cc2)O1)CCCC. The van der Waals surface area contributed by atoms with Crippen molar-refractivity contribution in [3.05, 3.63) is 102 Å². The molecular formula is C48H64N9O6P. The number of methoxy groups -OCH3 is 2. The van der Waals surface area contributed by atoms with Gasteiger partial charge in [-0.1, -0.05) is 81.3 Å². The molecule has 3 aromatic carbocycles. The Morgan fingerprint density at radius 1 is 0.891 bits per heavy atom. The van der Waals surface area contributed by atoms with Crippen LogP contribution in [0.4, 0.5) is 5.82 Å².